The van der Waals surface area contributed by atoms with Crippen LogP contribution in [0, 0.1) is 0 Å². The van der Waals surface area contributed by atoms with Crippen LogP contribution < -0.4 is 0 Å². The maximum Gasteiger partial charge on any atom is 0.160 e. The van der Waals surface area contributed by atoms with Gasteiger partial charge in [-0.05, 0) is 170 Å². The zero-order chi connectivity index (χ0) is 73.9. The summed E-state index contributed by atoms with van der Waals surface area (Å²) in [6.45, 7) is 9.42. The molecular weight excluding hydrogens is 1330 g/mol. The summed E-state index contributed by atoms with van der Waals surface area (Å²) in [5.74, 6) is 1.41. The molecule has 520 valence electrons. The minimum atomic E-state index is -0.0526. The molecule has 0 atom stereocenters. The molecule has 110 heavy (non-hydrogen) atoms. The Morgan fingerprint density at radius 2 is 0.555 bits per heavy atom. The van der Waals surface area contributed by atoms with Gasteiger partial charge in [-0.3, -0.25) is 9.97 Å². The highest BCUT2D eigenvalue weighted by molar-refractivity contribution is 6.03. The summed E-state index contributed by atoms with van der Waals surface area (Å²) in [6, 6.07) is 128. The number of hydrogen-bond acceptors (Lipinski definition) is 6. The zero-order valence-electron chi connectivity index (χ0n) is 61.5. The Hall–Kier alpha value is -13.9. The summed E-state index contributed by atoms with van der Waals surface area (Å²) in [7, 11) is 0. The van der Waals surface area contributed by atoms with E-state index < -0.39 is 0 Å². The molecule has 0 unspecified atom stereocenters. The molecule has 0 radical (unpaired) electrons. The molecule has 0 saturated carbocycles. The Labute approximate surface area is 641 Å². The number of benzene rings is 14. The predicted octanol–water partition coefficient (Wildman–Crippen LogP) is 26.7. The van der Waals surface area contributed by atoms with E-state index >= 15 is 0 Å². The van der Waals surface area contributed by atoms with Gasteiger partial charge in [0.05, 0.1) is 28.5 Å². The van der Waals surface area contributed by atoms with E-state index in [-0.39, 0.29) is 10.8 Å². The molecule has 0 saturated heterocycles. The van der Waals surface area contributed by atoms with Gasteiger partial charge in [0.1, 0.15) is 0 Å². The molecule has 0 aliphatic heterocycles. The number of fused-ring (bicyclic) bond motifs is 10. The van der Waals surface area contributed by atoms with Crippen LogP contribution in [0.15, 0.2) is 377 Å². The second-order valence-corrected chi connectivity index (χ2v) is 29.8. The van der Waals surface area contributed by atoms with Crippen molar-refractivity contribution in [2.24, 2.45) is 0 Å². The Morgan fingerprint density at radius 3 is 1.01 bits per heavy atom. The van der Waals surface area contributed by atoms with Gasteiger partial charge in [0.15, 0.2) is 11.6 Å². The van der Waals surface area contributed by atoms with E-state index in [1.165, 1.54) is 99.4 Å². The first-order chi connectivity index (χ1) is 54.0. The third kappa shape index (κ3) is 12.4. The van der Waals surface area contributed by atoms with Gasteiger partial charge in [0.2, 0.25) is 0 Å². The quantitative estimate of drug-likeness (QED) is 0.121. The van der Waals surface area contributed by atoms with Crippen LogP contribution in [0.2, 0.25) is 0 Å². The van der Waals surface area contributed by atoms with Crippen LogP contribution in [0.1, 0.15) is 49.9 Å². The third-order valence-corrected chi connectivity index (χ3v) is 22.4. The molecular formula is C104H74N6. The van der Waals surface area contributed by atoms with Gasteiger partial charge in [0.25, 0.3) is 0 Å². The maximum absolute atomic E-state index is 5.06. The molecule has 14 aromatic carbocycles. The van der Waals surface area contributed by atoms with Gasteiger partial charge >= 0.3 is 0 Å². The molecule has 4 heterocycles. The molecule has 6 heteroatoms. The summed E-state index contributed by atoms with van der Waals surface area (Å²) in [5, 5.41) is 5.26. The van der Waals surface area contributed by atoms with Gasteiger partial charge in [-0.25, -0.2) is 19.9 Å². The topological polar surface area (TPSA) is 77.3 Å². The largest absolute Gasteiger partial charge is 0.265 e. The Balaban J connectivity index is 0.000000149. The first-order valence-corrected chi connectivity index (χ1v) is 37.7. The minimum Gasteiger partial charge on any atom is -0.265 e. The molecule has 0 bridgehead atoms. The number of pyridine rings is 2. The fraction of sp³-hybridized carbons (Fsp3) is 0.0577. The van der Waals surface area contributed by atoms with E-state index in [9.17, 15) is 0 Å². The molecule has 20 rings (SSSR count). The van der Waals surface area contributed by atoms with Crippen LogP contribution in [0.25, 0.3) is 178 Å². The van der Waals surface area contributed by atoms with Crippen LogP contribution in [-0.4, -0.2) is 29.9 Å². The van der Waals surface area contributed by atoms with Crippen molar-refractivity contribution in [3.63, 3.8) is 0 Å². The van der Waals surface area contributed by atoms with Gasteiger partial charge in [-0.2, -0.15) is 0 Å². The van der Waals surface area contributed by atoms with Crippen molar-refractivity contribution in [3.8, 4) is 157 Å². The second-order valence-electron chi connectivity index (χ2n) is 29.8. The first kappa shape index (κ1) is 66.7. The highest BCUT2D eigenvalue weighted by Gasteiger charge is 2.38. The lowest BCUT2D eigenvalue weighted by Gasteiger charge is -2.23. The van der Waals surface area contributed by atoms with Gasteiger partial charge in [-0.1, -0.05) is 337 Å². The smallest absolute Gasteiger partial charge is 0.160 e. The molecule has 18 aromatic rings. The standard InChI is InChI=1S/2C52H37N3/c1-52(2)45-29-28-42(32-44(45)50-43-13-7-6-10-37(43)27-30-46(50)52)36-17-15-34(16-18-36)35-19-21-39(22-20-35)48-33-49(55-51(54-48)41-11-4-3-5-12-41)40-25-23-38(24-26-40)47-14-8-9-31-53-47;1-52(2)47-27-25-43(32-46(47)45-26-24-39-8-6-7-11-44(39)50(45)52)37-14-12-34(13-15-37)35-16-20-40(21-17-35)48-33-49(55-51(54-48)42-9-4-3-5-10-42)41-22-18-36(19-23-41)38-28-30-53-31-29-38/h2*3-33H,1-2H3. The molecule has 6 nitrogen and oxygen atoms in total. The van der Waals surface area contributed by atoms with Crippen LogP contribution in [0.5, 0.6) is 0 Å². The van der Waals surface area contributed by atoms with Crippen LogP contribution >= 0.6 is 0 Å². The van der Waals surface area contributed by atoms with E-state index in [0.717, 1.165) is 89.7 Å². The Morgan fingerprint density at radius 1 is 0.209 bits per heavy atom. The summed E-state index contributed by atoms with van der Waals surface area (Å²) < 4.78 is 0. The summed E-state index contributed by atoms with van der Waals surface area (Å²) in [4.78, 5) is 28.8. The van der Waals surface area contributed by atoms with Crippen molar-refractivity contribution in [2.45, 2.75) is 38.5 Å². The SMILES string of the molecule is CC1(C)c2ccc(-c3ccc(-c4ccc(-c5cc(-c6ccc(-c7ccccn7)cc6)nc(-c6ccccc6)n5)cc4)cc3)cc2-c2c1ccc1ccccc21.CC1(C)c2ccc(-c3ccc(-c4ccc(-c5cc(-c6ccc(-c7ccncc7)cc6)nc(-c6ccccc6)n5)cc4)cc3)cc2-c2ccc3ccccc3c21. The van der Waals surface area contributed by atoms with E-state index in [2.05, 4.69) is 329 Å². The summed E-state index contributed by atoms with van der Waals surface area (Å²) >= 11 is 0. The first-order valence-electron chi connectivity index (χ1n) is 37.7. The third-order valence-electron chi connectivity index (χ3n) is 22.4. The average molecular weight is 1410 g/mol. The molecule has 4 aromatic heterocycles. The molecule has 2 aliphatic rings. The van der Waals surface area contributed by atoms with Gasteiger partial charge in [-0.15, -0.1) is 0 Å². The number of aromatic nitrogens is 6. The molecule has 0 amide bonds. The van der Waals surface area contributed by atoms with Gasteiger partial charge < -0.3 is 0 Å². The van der Waals surface area contributed by atoms with Crippen LogP contribution in [0.4, 0.5) is 0 Å². The lowest BCUT2D eigenvalue weighted by molar-refractivity contribution is 0.661. The number of nitrogens with zero attached hydrogens (tertiary/aromatic N) is 6. The van der Waals surface area contributed by atoms with Gasteiger partial charge in [0, 0.05) is 68.4 Å². The fourth-order valence-corrected chi connectivity index (χ4v) is 16.5. The zero-order valence-corrected chi connectivity index (χ0v) is 61.5. The van der Waals surface area contributed by atoms with Crippen LogP contribution in [0.3, 0.4) is 0 Å². The maximum atomic E-state index is 5.06. The van der Waals surface area contributed by atoms with E-state index in [1.807, 2.05) is 85.3 Å². The highest BCUT2D eigenvalue weighted by Crippen LogP contribution is 2.54. The van der Waals surface area contributed by atoms with E-state index in [4.69, 9.17) is 19.9 Å². The minimum absolute atomic E-state index is 0.0359. The summed E-state index contributed by atoms with van der Waals surface area (Å²) in [5.41, 5.74) is 34.5. The van der Waals surface area contributed by atoms with Crippen molar-refractivity contribution in [1.29, 1.82) is 0 Å². The normalized spacial score (nSPS) is 12.7. The lowest BCUT2D eigenvalue weighted by Crippen LogP contribution is -2.15. The number of rotatable bonds is 12. The Kier molecular flexibility index (Phi) is 16.8. The Bertz CT molecular complexity index is 6480. The van der Waals surface area contributed by atoms with Crippen molar-refractivity contribution in [3.05, 3.63) is 399 Å². The van der Waals surface area contributed by atoms with Crippen LogP contribution in [-0.2, 0) is 10.8 Å². The van der Waals surface area contributed by atoms with E-state index in [0.29, 0.717) is 11.6 Å². The molecule has 0 spiro atoms. The second kappa shape index (κ2) is 27.8. The summed E-state index contributed by atoms with van der Waals surface area (Å²) in [6.07, 6.45) is 5.47. The molecule has 0 fully saturated rings. The lowest BCUT2D eigenvalue weighted by atomic mass is 9.80. The fourth-order valence-electron chi connectivity index (χ4n) is 16.5. The molecule has 0 N–H and O–H groups in total. The average Bonchev–Trinajstić information content (AvgIpc) is 1.57. The van der Waals surface area contributed by atoms with E-state index in [1.54, 1.807) is 0 Å². The van der Waals surface area contributed by atoms with Crippen molar-refractivity contribution >= 4 is 21.5 Å². The van der Waals surface area contributed by atoms with Crippen molar-refractivity contribution in [2.75, 3.05) is 0 Å². The van der Waals surface area contributed by atoms with Crippen molar-refractivity contribution < 1.29 is 0 Å². The highest BCUT2D eigenvalue weighted by atomic mass is 14.9. The monoisotopic (exact) mass is 1410 g/mol. The molecule has 2 aliphatic carbocycles. The predicted molar refractivity (Wildman–Crippen MR) is 455 cm³/mol. The number of hydrogen-bond donors (Lipinski definition) is 0. The van der Waals surface area contributed by atoms with Crippen molar-refractivity contribution in [1.82, 2.24) is 29.9 Å².